The number of fused-ring (bicyclic) bond motifs is 2. The fourth-order valence-corrected chi connectivity index (χ4v) is 3.10. The molecule has 0 saturated heterocycles. The summed E-state index contributed by atoms with van der Waals surface area (Å²) in [7, 11) is 0. The summed E-state index contributed by atoms with van der Waals surface area (Å²) >= 11 is 0. The van der Waals surface area contributed by atoms with Gasteiger partial charge in [-0.3, -0.25) is 0 Å². The normalized spacial score (nSPS) is 9.33. The third kappa shape index (κ3) is 5.42. The summed E-state index contributed by atoms with van der Waals surface area (Å²) in [6.07, 6.45) is 0. The molecule has 0 aliphatic carbocycles. The summed E-state index contributed by atoms with van der Waals surface area (Å²) in [5.74, 6) is 0. The number of hydrogen-bond acceptors (Lipinski definition) is 0. The van der Waals surface area contributed by atoms with Crippen molar-refractivity contribution in [2.24, 2.45) is 0 Å². The van der Waals surface area contributed by atoms with Gasteiger partial charge in [0, 0.05) is 0 Å². The Balaban J connectivity index is 0.000000266. The molecule has 0 nitrogen and oxygen atoms in total. The van der Waals surface area contributed by atoms with Crippen LogP contribution < -0.4 is 24.8 Å². The third-order valence-corrected chi connectivity index (χ3v) is 4.31. The summed E-state index contributed by atoms with van der Waals surface area (Å²) < 4.78 is 0. The van der Waals surface area contributed by atoms with Crippen LogP contribution in [0.5, 0.6) is 0 Å². The largest absolute Gasteiger partial charge is 4.00 e. The Hall–Kier alpha value is -1.66. The first-order valence-corrected chi connectivity index (χ1v) is 8.22. The van der Waals surface area contributed by atoms with E-state index in [1.807, 2.05) is 0 Å². The first kappa shape index (κ1) is 23.4. The maximum Gasteiger partial charge on any atom is 4.00 e. The SMILES string of the molecule is [Cl-].[Cl-].[Zr+4].c1ccc(-c2cccc3[cH-]ccc23)cc1.c1ccc2[cH-]ccc2c1. The van der Waals surface area contributed by atoms with Gasteiger partial charge < -0.3 is 24.8 Å². The molecule has 27 heavy (non-hydrogen) atoms. The molecule has 0 unspecified atom stereocenters. The molecule has 0 fully saturated rings. The van der Waals surface area contributed by atoms with E-state index in [9.17, 15) is 0 Å². The van der Waals surface area contributed by atoms with Gasteiger partial charge in [-0.1, -0.05) is 48.0 Å². The van der Waals surface area contributed by atoms with Crippen LogP contribution in [0, 0.1) is 0 Å². The van der Waals surface area contributed by atoms with E-state index < -0.39 is 0 Å². The van der Waals surface area contributed by atoms with Crippen LogP contribution in [-0.2, 0) is 26.2 Å². The molecule has 0 atom stereocenters. The average Bonchev–Trinajstić information content (AvgIpc) is 3.31. The number of benzene rings is 3. The molecule has 5 rings (SSSR count). The average molecular weight is 469 g/mol. The van der Waals surface area contributed by atoms with Crippen LogP contribution in [0.2, 0.25) is 0 Å². The van der Waals surface area contributed by atoms with Crippen LogP contribution in [0.1, 0.15) is 0 Å². The summed E-state index contributed by atoms with van der Waals surface area (Å²) in [6, 6.07) is 38.1. The van der Waals surface area contributed by atoms with Gasteiger partial charge in [-0.2, -0.15) is 29.7 Å². The molecule has 0 aliphatic rings. The fraction of sp³-hybridized carbons (Fsp3) is 0. The predicted octanol–water partition coefficient (Wildman–Crippen LogP) is 0.790. The Bertz CT molecular complexity index is 1030. The van der Waals surface area contributed by atoms with Gasteiger partial charge in [0.1, 0.15) is 0 Å². The summed E-state index contributed by atoms with van der Waals surface area (Å²) in [5, 5.41) is 5.31. The molecule has 0 N–H and O–H groups in total. The van der Waals surface area contributed by atoms with E-state index in [0.717, 1.165) is 0 Å². The van der Waals surface area contributed by atoms with Crippen molar-refractivity contribution in [3.05, 3.63) is 109 Å². The van der Waals surface area contributed by atoms with Crippen molar-refractivity contribution >= 4 is 21.5 Å². The van der Waals surface area contributed by atoms with Gasteiger partial charge in [-0.15, -0.1) is 58.6 Å². The molecule has 132 valence electrons. The minimum Gasteiger partial charge on any atom is -1.00 e. The van der Waals surface area contributed by atoms with Gasteiger partial charge in [0.05, 0.1) is 0 Å². The minimum absolute atomic E-state index is 0. The number of rotatable bonds is 1. The van der Waals surface area contributed by atoms with Gasteiger partial charge >= 0.3 is 26.2 Å². The Kier molecular flexibility index (Phi) is 9.74. The molecule has 5 aromatic carbocycles. The van der Waals surface area contributed by atoms with Crippen molar-refractivity contribution in [3.8, 4) is 11.1 Å². The molecular weight excluding hydrogens is 450 g/mol. The van der Waals surface area contributed by atoms with Gasteiger partial charge in [0.15, 0.2) is 0 Å². The molecular formula is C24H18Cl2Zr. The molecule has 3 heteroatoms. The van der Waals surface area contributed by atoms with Crippen molar-refractivity contribution in [1.29, 1.82) is 0 Å². The van der Waals surface area contributed by atoms with E-state index in [-0.39, 0.29) is 51.0 Å². The van der Waals surface area contributed by atoms with E-state index in [0.29, 0.717) is 0 Å². The van der Waals surface area contributed by atoms with E-state index in [2.05, 4.69) is 109 Å². The van der Waals surface area contributed by atoms with Crippen molar-refractivity contribution in [2.75, 3.05) is 0 Å². The molecule has 0 spiro atoms. The second-order valence-electron chi connectivity index (χ2n) is 5.85. The zero-order valence-electron chi connectivity index (χ0n) is 14.6. The second-order valence-corrected chi connectivity index (χ2v) is 5.85. The Labute approximate surface area is 191 Å². The maximum atomic E-state index is 2.18. The summed E-state index contributed by atoms with van der Waals surface area (Å²) in [5.41, 5.74) is 2.60. The quantitative estimate of drug-likeness (QED) is 0.319. The Morgan fingerprint density at radius 3 is 1.93 bits per heavy atom. The van der Waals surface area contributed by atoms with Gasteiger partial charge in [-0.05, 0) is 5.56 Å². The Morgan fingerprint density at radius 2 is 1.15 bits per heavy atom. The topological polar surface area (TPSA) is 0 Å². The molecule has 0 radical (unpaired) electrons. The predicted molar refractivity (Wildman–Crippen MR) is 105 cm³/mol. The molecule has 0 saturated carbocycles. The maximum absolute atomic E-state index is 2.18. The third-order valence-electron chi connectivity index (χ3n) is 4.31. The molecule has 0 amide bonds. The zero-order chi connectivity index (χ0) is 16.2. The smallest absolute Gasteiger partial charge is 1.00 e. The van der Waals surface area contributed by atoms with Gasteiger partial charge in [0.25, 0.3) is 0 Å². The standard InChI is InChI=1S/C15H11.C9H7.2ClH.Zr/c1-2-6-12(7-3-1)14-10-4-8-13-9-5-11-15(13)14;1-2-5-9-7-3-6-8(9)4-1;;;/h1-11H;1-7H;2*1H;/q2*-1;;;+4/p-2. The zero-order valence-corrected chi connectivity index (χ0v) is 18.6. The van der Waals surface area contributed by atoms with Crippen LogP contribution in [0.15, 0.2) is 109 Å². The van der Waals surface area contributed by atoms with E-state index in [4.69, 9.17) is 0 Å². The van der Waals surface area contributed by atoms with Crippen molar-refractivity contribution in [3.63, 3.8) is 0 Å². The molecule has 5 aromatic rings. The minimum atomic E-state index is 0. The van der Waals surface area contributed by atoms with E-state index in [1.165, 1.54) is 32.7 Å². The monoisotopic (exact) mass is 466 g/mol. The van der Waals surface area contributed by atoms with Gasteiger partial charge in [-0.25, -0.2) is 0 Å². The van der Waals surface area contributed by atoms with Crippen LogP contribution >= 0.6 is 0 Å². The van der Waals surface area contributed by atoms with Crippen molar-refractivity contribution < 1.29 is 51.0 Å². The Morgan fingerprint density at radius 1 is 0.519 bits per heavy atom. The van der Waals surface area contributed by atoms with Crippen LogP contribution in [0.25, 0.3) is 32.7 Å². The molecule has 0 heterocycles. The van der Waals surface area contributed by atoms with E-state index >= 15 is 0 Å². The molecule has 0 aromatic heterocycles. The van der Waals surface area contributed by atoms with Gasteiger partial charge in [0.2, 0.25) is 0 Å². The number of halogens is 2. The van der Waals surface area contributed by atoms with Crippen LogP contribution in [0.3, 0.4) is 0 Å². The van der Waals surface area contributed by atoms with Crippen LogP contribution in [0.4, 0.5) is 0 Å². The first-order chi connectivity index (χ1) is 11.9. The molecule has 0 bridgehead atoms. The summed E-state index contributed by atoms with van der Waals surface area (Å²) in [6.45, 7) is 0. The fourth-order valence-electron chi connectivity index (χ4n) is 3.10. The summed E-state index contributed by atoms with van der Waals surface area (Å²) in [4.78, 5) is 0. The van der Waals surface area contributed by atoms with Crippen molar-refractivity contribution in [1.82, 2.24) is 0 Å². The first-order valence-electron chi connectivity index (χ1n) is 8.22. The second kappa shape index (κ2) is 11.2. The molecule has 0 aliphatic heterocycles. The van der Waals surface area contributed by atoms with Crippen LogP contribution in [-0.4, -0.2) is 0 Å². The number of hydrogen-bond donors (Lipinski definition) is 0. The van der Waals surface area contributed by atoms with Crippen molar-refractivity contribution in [2.45, 2.75) is 0 Å². The van der Waals surface area contributed by atoms with E-state index in [1.54, 1.807) is 0 Å².